The largest absolute Gasteiger partial charge is 0.748 e. The minimum absolute atomic E-state index is 0. The molecule has 0 saturated heterocycles. The Morgan fingerprint density at radius 3 is 1.06 bits per heavy atom. The fraction of sp³-hybridized carbons (Fsp3) is 0.333. The van der Waals surface area contributed by atoms with E-state index in [0.717, 1.165) is 0 Å². The summed E-state index contributed by atoms with van der Waals surface area (Å²) in [6.07, 6.45) is 0. The minimum Gasteiger partial charge on any atom is -0.748 e. The van der Waals surface area contributed by atoms with Gasteiger partial charge in [0.1, 0.15) is 0 Å². The average Bonchev–Trinajstić information content (AvgIpc) is 2.86. The Morgan fingerprint density at radius 1 is 0.688 bits per heavy atom. The fourth-order valence-corrected chi connectivity index (χ4v) is 1.73. The van der Waals surface area contributed by atoms with Gasteiger partial charge in [-0.05, 0) is 0 Å². The molecule has 0 aliphatic heterocycles. The first-order valence-corrected chi connectivity index (χ1v) is 5.42. The maximum atomic E-state index is 2.20. The van der Waals surface area contributed by atoms with Gasteiger partial charge in [0.2, 0.25) is 0 Å². The van der Waals surface area contributed by atoms with Crippen molar-refractivity contribution in [3.05, 3.63) is 58.1 Å². The van der Waals surface area contributed by atoms with Crippen molar-refractivity contribution in [3.63, 3.8) is 0 Å². The van der Waals surface area contributed by atoms with Crippen LogP contribution in [0.4, 0.5) is 0 Å². The molecule has 0 aromatic heterocycles. The smallest absolute Gasteiger partial charge is 0 e. The molecule has 0 heterocycles. The summed E-state index contributed by atoms with van der Waals surface area (Å²) < 4.78 is 0. The Hall–Kier alpha value is -0.768. The molecule has 0 aliphatic rings. The molecule has 0 N–H and O–H groups in total. The summed E-state index contributed by atoms with van der Waals surface area (Å²) >= 11 is 0. The average molecular weight is 252 g/mol. The molecule has 2 aromatic carbocycles. The summed E-state index contributed by atoms with van der Waals surface area (Å²) in [4.78, 5) is 0. The Kier molecular flexibility index (Phi) is 6.41. The van der Waals surface area contributed by atoms with E-state index < -0.39 is 0 Å². The summed E-state index contributed by atoms with van der Waals surface area (Å²) in [5.74, 6) is 0. The van der Waals surface area contributed by atoms with E-state index in [1.165, 1.54) is 27.8 Å². The van der Waals surface area contributed by atoms with Gasteiger partial charge in [0, 0.05) is 17.4 Å². The quantitative estimate of drug-likeness (QED) is 0.611. The van der Waals surface area contributed by atoms with E-state index in [2.05, 4.69) is 34.6 Å². The molecule has 16 heavy (non-hydrogen) atoms. The standard InChI is InChI=1S/C10H15.C5H5.Cr/c1-6-7(2)9(4)10(5)8(6)3;1-2-4-5-3-1;/h1-5H3;1-5H;/q-1;-5;. The van der Waals surface area contributed by atoms with Crippen molar-refractivity contribution in [2.45, 2.75) is 34.6 Å². The van der Waals surface area contributed by atoms with Gasteiger partial charge in [-0.25, -0.2) is 0 Å². The monoisotopic (exact) mass is 252 g/mol. The van der Waals surface area contributed by atoms with Crippen LogP contribution in [0.3, 0.4) is 0 Å². The molecular weight excluding hydrogens is 232 g/mol. The Bertz CT molecular complexity index is 308. The third-order valence-corrected chi connectivity index (χ3v) is 3.37. The van der Waals surface area contributed by atoms with E-state index in [-0.39, 0.29) is 17.4 Å². The van der Waals surface area contributed by atoms with Crippen LogP contribution in [0.2, 0.25) is 0 Å². The predicted octanol–water partition coefficient (Wildman–Crippen LogP) is 4.35. The van der Waals surface area contributed by atoms with E-state index in [0.29, 0.717) is 0 Å². The van der Waals surface area contributed by atoms with Crippen LogP contribution in [0.5, 0.6) is 0 Å². The van der Waals surface area contributed by atoms with Crippen molar-refractivity contribution >= 4 is 0 Å². The van der Waals surface area contributed by atoms with Crippen LogP contribution in [0.25, 0.3) is 0 Å². The third-order valence-electron chi connectivity index (χ3n) is 3.37. The topological polar surface area (TPSA) is 0 Å². The van der Waals surface area contributed by atoms with Crippen LogP contribution in [0.1, 0.15) is 27.8 Å². The van der Waals surface area contributed by atoms with Gasteiger partial charge in [0.05, 0.1) is 0 Å². The molecule has 0 amide bonds. The second kappa shape index (κ2) is 6.74. The molecule has 0 spiro atoms. The molecule has 0 nitrogen and oxygen atoms in total. The number of hydrogen-bond acceptors (Lipinski definition) is 0. The number of hydrogen-bond donors (Lipinski definition) is 0. The van der Waals surface area contributed by atoms with Gasteiger partial charge in [-0.3, -0.25) is 0 Å². The molecule has 1 heteroatoms. The first-order valence-electron chi connectivity index (χ1n) is 5.42. The van der Waals surface area contributed by atoms with Gasteiger partial charge in [0.25, 0.3) is 0 Å². The zero-order valence-electron chi connectivity index (χ0n) is 10.8. The molecule has 0 fully saturated rings. The summed E-state index contributed by atoms with van der Waals surface area (Å²) in [5, 5.41) is 0. The summed E-state index contributed by atoms with van der Waals surface area (Å²) in [5.41, 5.74) is 7.34. The summed E-state index contributed by atoms with van der Waals surface area (Å²) in [7, 11) is 0. The predicted molar refractivity (Wildman–Crippen MR) is 67.8 cm³/mol. The fourth-order valence-electron chi connectivity index (χ4n) is 1.73. The van der Waals surface area contributed by atoms with E-state index in [4.69, 9.17) is 0 Å². The minimum atomic E-state index is 0. The van der Waals surface area contributed by atoms with Crippen molar-refractivity contribution in [3.8, 4) is 0 Å². The van der Waals surface area contributed by atoms with Crippen LogP contribution in [-0.4, -0.2) is 0 Å². The first kappa shape index (κ1) is 15.2. The summed E-state index contributed by atoms with van der Waals surface area (Å²) in [6.45, 7) is 11.0. The van der Waals surface area contributed by atoms with Gasteiger partial charge >= 0.3 is 0 Å². The van der Waals surface area contributed by atoms with Crippen molar-refractivity contribution in [2.24, 2.45) is 0 Å². The van der Waals surface area contributed by atoms with E-state index in [1.54, 1.807) is 0 Å². The van der Waals surface area contributed by atoms with Crippen LogP contribution in [-0.2, 0) is 17.4 Å². The van der Waals surface area contributed by atoms with E-state index in [1.807, 2.05) is 30.3 Å². The van der Waals surface area contributed by atoms with Crippen LogP contribution in [0.15, 0.2) is 30.3 Å². The normalized spacial score (nSPS) is 9.06. The molecule has 0 bridgehead atoms. The van der Waals surface area contributed by atoms with Crippen molar-refractivity contribution in [2.75, 3.05) is 0 Å². The van der Waals surface area contributed by atoms with Gasteiger partial charge in [-0.2, -0.15) is 27.8 Å². The van der Waals surface area contributed by atoms with Crippen molar-refractivity contribution < 1.29 is 17.4 Å². The molecule has 0 saturated carbocycles. The second-order valence-electron chi connectivity index (χ2n) is 4.09. The molecule has 92 valence electrons. The summed E-state index contributed by atoms with van der Waals surface area (Å²) in [6, 6.07) is 10.0. The van der Waals surface area contributed by atoms with Crippen LogP contribution in [0, 0.1) is 34.6 Å². The number of rotatable bonds is 0. The van der Waals surface area contributed by atoms with Gasteiger partial charge in [-0.1, -0.05) is 34.6 Å². The van der Waals surface area contributed by atoms with E-state index >= 15 is 0 Å². The molecule has 2 aromatic rings. The maximum absolute atomic E-state index is 2.20. The van der Waals surface area contributed by atoms with Crippen LogP contribution < -0.4 is 0 Å². The molecule has 0 aliphatic carbocycles. The molecule has 0 atom stereocenters. The zero-order valence-corrected chi connectivity index (χ0v) is 12.1. The third kappa shape index (κ3) is 3.37. The maximum Gasteiger partial charge on any atom is 0 e. The molecule has 0 unspecified atom stereocenters. The SMILES string of the molecule is Cc1c(C)c(C)[c-](C)c1C.[Cr].[cH-]1[cH-][cH-][cH-][cH-]1. The van der Waals surface area contributed by atoms with Gasteiger partial charge in [0.15, 0.2) is 0 Å². The second-order valence-corrected chi connectivity index (χ2v) is 4.09. The van der Waals surface area contributed by atoms with E-state index in [9.17, 15) is 0 Å². The molecular formula is C15H20Cr-6. The van der Waals surface area contributed by atoms with Crippen molar-refractivity contribution in [1.82, 2.24) is 0 Å². The Balaban J connectivity index is 0.000000318. The molecule has 0 radical (unpaired) electrons. The molecule has 2 rings (SSSR count). The van der Waals surface area contributed by atoms with Crippen molar-refractivity contribution in [1.29, 1.82) is 0 Å². The Labute approximate surface area is 110 Å². The van der Waals surface area contributed by atoms with Crippen LogP contribution >= 0.6 is 0 Å². The Morgan fingerprint density at radius 2 is 0.938 bits per heavy atom. The van der Waals surface area contributed by atoms with Gasteiger partial charge in [-0.15, -0.1) is 0 Å². The first-order chi connectivity index (χ1) is 7.05. The van der Waals surface area contributed by atoms with Gasteiger partial charge < -0.3 is 30.3 Å². The zero-order chi connectivity index (χ0) is 11.4.